The van der Waals surface area contributed by atoms with E-state index in [1.807, 2.05) is 45.0 Å². The van der Waals surface area contributed by atoms with E-state index in [-0.39, 0.29) is 25.0 Å². The summed E-state index contributed by atoms with van der Waals surface area (Å²) in [6.45, 7) is 6.24. The summed E-state index contributed by atoms with van der Waals surface area (Å²) in [6.07, 6.45) is 0.339. The highest BCUT2D eigenvalue weighted by Crippen LogP contribution is 2.26. The van der Waals surface area contributed by atoms with Crippen molar-refractivity contribution in [3.8, 4) is 0 Å². The van der Waals surface area contributed by atoms with E-state index in [0.717, 1.165) is 15.6 Å². The van der Waals surface area contributed by atoms with E-state index in [9.17, 15) is 9.59 Å². The first-order chi connectivity index (χ1) is 12.7. The third-order valence-electron chi connectivity index (χ3n) is 4.27. The SMILES string of the molecule is CC(C)(C)OC(=O)N1CCc2c(nn(C(=O)Cc3ccccc3Br)c2N)C1. The van der Waals surface area contributed by atoms with E-state index in [0.29, 0.717) is 24.5 Å². The maximum atomic E-state index is 12.7. The van der Waals surface area contributed by atoms with E-state index >= 15 is 0 Å². The molecule has 0 radical (unpaired) electrons. The standard InChI is InChI=1S/C19H23BrN4O3/c1-19(2,3)27-18(26)23-9-8-13-15(11-23)22-24(17(13)21)16(25)10-12-6-4-5-7-14(12)20/h4-7H,8-11,21H2,1-3H3. The Morgan fingerprint density at radius 2 is 2.00 bits per heavy atom. The highest BCUT2D eigenvalue weighted by atomic mass is 79.9. The van der Waals surface area contributed by atoms with Crippen LogP contribution in [0.25, 0.3) is 0 Å². The van der Waals surface area contributed by atoms with Crippen LogP contribution in [0.1, 0.15) is 42.4 Å². The number of hydrogen-bond donors (Lipinski definition) is 1. The third-order valence-corrected chi connectivity index (χ3v) is 5.04. The summed E-state index contributed by atoms with van der Waals surface area (Å²) in [5, 5.41) is 4.38. The highest BCUT2D eigenvalue weighted by molar-refractivity contribution is 9.10. The Kier molecular flexibility index (Phi) is 5.28. The zero-order valence-electron chi connectivity index (χ0n) is 15.7. The van der Waals surface area contributed by atoms with E-state index in [1.54, 1.807) is 4.90 Å². The van der Waals surface area contributed by atoms with Gasteiger partial charge in [0.15, 0.2) is 0 Å². The topological polar surface area (TPSA) is 90.5 Å². The highest BCUT2D eigenvalue weighted by Gasteiger charge is 2.30. The molecule has 1 aromatic heterocycles. The number of benzene rings is 1. The van der Waals surface area contributed by atoms with Crippen LogP contribution >= 0.6 is 15.9 Å². The molecular formula is C19H23BrN4O3. The Hall–Kier alpha value is -2.35. The number of nitrogens with two attached hydrogens (primary N) is 1. The third kappa shape index (κ3) is 4.32. The molecule has 1 aliphatic rings. The van der Waals surface area contributed by atoms with E-state index in [4.69, 9.17) is 10.5 Å². The second kappa shape index (κ2) is 7.34. The molecule has 1 aromatic carbocycles. The molecule has 2 heterocycles. The smallest absolute Gasteiger partial charge is 0.410 e. The molecule has 0 saturated heterocycles. The number of aromatic nitrogens is 2. The van der Waals surface area contributed by atoms with Gasteiger partial charge in [-0.15, -0.1) is 0 Å². The van der Waals surface area contributed by atoms with Crippen molar-refractivity contribution in [3.05, 3.63) is 45.6 Å². The summed E-state index contributed by atoms with van der Waals surface area (Å²) < 4.78 is 7.54. The van der Waals surface area contributed by atoms with Crippen LogP contribution in [0.2, 0.25) is 0 Å². The number of nitrogen functional groups attached to an aromatic ring is 1. The number of carbonyl (C=O) groups is 2. The number of carbonyl (C=O) groups excluding carboxylic acids is 2. The summed E-state index contributed by atoms with van der Waals surface area (Å²) in [4.78, 5) is 26.6. The van der Waals surface area contributed by atoms with Crippen molar-refractivity contribution in [2.75, 3.05) is 12.3 Å². The van der Waals surface area contributed by atoms with Gasteiger partial charge in [-0.05, 0) is 38.8 Å². The zero-order valence-corrected chi connectivity index (χ0v) is 17.2. The van der Waals surface area contributed by atoms with Crippen LogP contribution in [0, 0.1) is 0 Å². The molecule has 2 N–H and O–H groups in total. The van der Waals surface area contributed by atoms with Gasteiger partial charge in [0.1, 0.15) is 11.4 Å². The van der Waals surface area contributed by atoms with E-state index < -0.39 is 5.60 Å². The second-order valence-corrected chi connectivity index (χ2v) is 8.39. The average Bonchev–Trinajstić information content (AvgIpc) is 2.92. The molecule has 0 atom stereocenters. The van der Waals surface area contributed by atoms with Crippen molar-refractivity contribution in [2.24, 2.45) is 0 Å². The lowest BCUT2D eigenvalue weighted by Gasteiger charge is -2.29. The predicted molar refractivity (Wildman–Crippen MR) is 105 cm³/mol. The summed E-state index contributed by atoms with van der Waals surface area (Å²) >= 11 is 3.45. The number of ether oxygens (including phenoxy) is 1. The lowest BCUT2D eigenvalue weighted by Crippen LogP contribution is -2.39. The van der Waals surface area contributed by atoms with Crippen LogP contribution in [0.3, 0.4) is 0 Å². The summed E-state index contributed by atoms with van der Waals surface area (Å²) in [6, 6.07) is 7.54. The van der Waals surface area contributed by atoms with Gasteiger partial charge in [-0.1, -0.05) is 34.1 Å². The number of anilines is 1. The molecule has 0 spiro atoms. The van der Waals surface area contributed by atoms with Crippen molar-refractivity contribution in [1.29, 1.82) is 0 Å². The molecule has 0 aliphatic carbocycles. The van der Waals surface area contributed by atoms with Gasteiger partial charge in [0.2, 0.25) is 0 Å². The van der Waals surface area contributed by atoms with Crippen LogP contribution in [-0.2, 0) is 24.1 Å². The van der Waals surface area contributed by atoms with Crippen molar-refractivity contribution in [3.63, 3.8) is 0 Å². The van der Waals surface area contributed by atoms with Gasteiger partial charge in [0, 0.05) is 16.6 Å². The fourth-order valence-electron chi connectivity index (χ4n) is 2.97. The quantitative estimate of drug-likeness (QED) is 0.781. The lowest BCUT2D eigenvalue weighted by atomic mass is 10.1. The van der Waals surface area contributed by atoms with Crippen LogP contribution in [-0.4, -0.2) is 38.8 Å². The average molecular weight is 435 g/mol. The van der Waals surface area contributed by atoms with Crippen molar-refractivity contribution in [2.45, 2.75) is 45.8 Å². The monoisotopic (exact) mass is 434 g/mol. The number of halogens is 1. The summed E-state index contributed by atoms with van der Waals surface area (Å²) in [7, 11) is 0. The molecule has 1 amide bonds. The molecule has 1 aliphatic heterocycles. The largest absolute Gasteiger partial charge is 0.444 e. The minimum Gasteiger partial charge on any atom is -0.444 e. The fraction of sp³-hybridized carbons (Fsp3) is 0.421. The lowest BCUT2D eigenvalue weighted by molar-refractivity contribution is 0.0221. The molecule has 0 saturated carbocycles. The van der Waals surface area contributed by atoms with Crippen LogP contribution < -0.4 is 5.73 Å². The van der Waals surface area contributed by atoms with Crippen molar-refractivity contribution in [1.82, 2.24) is 14.7 Å². The van der Waals surface area contributed by atoms with E-state index in [1.165, 1.54) is 4.68 Å². The molecule has 7 nitrogen and oxygen atoms in total. The first-order valence-corrected chi connectivity index (χ1v) is 9.56. The molecule has 27 heavy (non-hydrogen) atoms. The fourth-order valence-corrected chi connectivity index (χ4v) is 3.39. The molecule has 0 bridgehead atoms. The molecule has 8 heteroatoms. The van der Waals surface area contributed by atoms with Gasteiger partial charge < -0.3 is 15.4 Å². The van der Waals surface area contributed by atoms with Crippen molar-refractivity contribution >= 4 is 33.7 Å². The van der Waals surface area contributed by atoms with Crippen LogP contribution in [0.5, 0.6) is 0 Å². The maximum Gasteiger partial charge on any atom is 0.410 e. The Bertz CT molecular complexity index is 886. The van der Waals surface area contributed by atoms with Gasteiger partial charge in [-0.25, -0.2) is 4.79 Å². The molecule has 0 fully saturated rings. The maximum absolute atomic E-state index is 12.7. The number of amides is 1. The Balaban J connectivity index is 1.77. The van der Waals surface area contributed by atoms with Crippen LogP contribution in [0.15, 0.2) is 28.7 Å². The molecular weight excluding hydrogens is 412 g/mol. The van der Waals surface area contributed by atoms with Gasteiger partial charge in [-0.2, -0.15) is 9.78 Å². The minimum absolute atomic E-state index is 0.183. The number of fused-ring (bicyclic) bond motifs is 1. The van der Waals surface area contributed by atoms with Crippen molar-refractivity contribution < 1.29 is 14.3 Å². The molecule has 3 rings (SSSR count). The summed E-state index contributed by atoms with van der Waals surface area (Å²) in [5.41, 5.74) is 7.95. The van der Waals surface area contributed by atoms with Gasteiger partial charge in [-0.3, -0.25) is 4.79 Å². The Morgan fingerprint density at radius 3 is 2.67 bits per heavy atom. The first-order valence-electron chi connectivity index (χ1n) is 8.76. The Labute approximate surface area is 166 Å². The van der Waals surface area contributed by atoms with Gasteiger partial charge >= 0.3 is 6.09 Å². The molecule has 0 unspecified atom stereocenters. The molecule has 2 aromatic rings. The van der Waals surface area contributed by atoms with E-state index in [2.05, 4.69) is 21.0 Å². The Morgan fingerprint density at radius 1 is 1.30 bits per heavy atom. The second-order valence-electron chi connectivity index (χ2n) is 7.54. The number of hydrogen-bond acceptors (Lipinski definition) is 5. The first kappa shape index (κ1) is 19.4. The molecule has 144 valence electrons. The predicted octanol–water partition coefficient (Wildman–Crippen LogP) is 3.40. The normalized spacial score (nSPS) is 14.0. The van der Waals surface area contributed by atoms with Crippen LogP contribution in [0.4, 0.5) is 10.6 Å². The zero-order chi connectivity index (χ0) is 19.8. The summed E-state index contributed by atoms with van der Waals surface area (Å²) in [5.74, 6) is 0.142. The minimum atomic E-state index is -0.561. The van der Waals surface area contributed by atoms with Gasteiger partial charge in [0.05, 0.1) is 18.7 Å². The number of rotatable bonds is 2. The van der Waals surface area contributed by atoms with Gasteiger partial charge in [0.25, 0.3) is 5.91 Å². The number of nitrogens with zero attached hydrogens (tertiary/aromatic N) is 3.